The van der Waals surface area contributed by atoms with Crippen LogP contribution in [0.4, 0.5) is 0 Å². The maximum absolute atomic E-state index is 3.66. The number of piperidine rings is 2. The fraction of sp³-hybridized carbons (Fsp3) is 1.00. The van der Waals surface area contributed by atoms with Gasteiger partial charge < -0.3 is 5.32 Å². The molecule has 3 heteroatoms. The molecule has 4 rings (SSSR count). The summed E-state index contributed by atoms with van der Waals surface area (Å²) in [6, 6.07) is 1.85. The molecule has 1 N–H and O–H groups in total. The highest BCUT2D eigenvalue weighted by Gasteiger charge is 2.41. The number of rotatable bonds is 2. The molecule has 4 aliphatic rings. The zero-order valence-corrected chi connectivity index (χ0v) is 12.2. The molecule has 3 heterocycles. The molecule has 3 aliphatic heterocycles. The highest BCUT2D eigenvalue weighted by Crippen LogP contribution is 2.38. The Bertz CT molecular complexity index is 314. The first kappa shape index (κ1) is 12.6. The van der Waals surface area contributed by atoms with Crippen LogP contribution in [0.3, 0.4) is 0 Å². The Morgan fingerprint density at radius 1 is 0.895 bits per heavy atom. The third kappa shape index (κ3) is 2.57. The van der Waals surface area contributed by atoms with E-state index in [0.29, 0.717) is 5.41 Å². The molecular weight excluding hydrogens is 234 g/mol. The summed E-state index contributed by atoms with van der Waals surface area (Å²) in [7, 11) is 0. The predicted octanol–water partition coefficient (Wildman–Crippen LogP) is 1.69. The second-order valence-corrected chi connectivity index (χ2v) is 7.52. The highest BCUT2D eigenvalue weighted by atomic mass is 15.3. The summed E-state index contributed by atoms with van der Waals surface area (Å²) < 4.78 is 0. The maximum atomic E-state index is 3.66. The number of nitrogens with one attached hydrogen (secondary N) is 1. The van der Waals surface area contributed by atoms with Crippen molar-refractivity contribution in [2.45, 2.75) is 57.0 Å². The lowest BCUT2D eigenvalue weighted by Crippen LogP contribution is -2.54. The molecule has 0 radical (unpaired) electrons. The van der Waals surface area contributed by atoms with Gasteiger partial charge in [0.1, 0.15) is 0 Å². The molecule has 0 aromatic rings. The molecule has 0 aromatic heterocycles. The van der Waals surface area contributed by atoms with Crippen molar-refractivity contribution in [3.8, 4) is 0 Å². The normalized spacial score (nSPS) is 42.0. The Labute approximate surface area is 117 Å². The van der Waals surface area contributed by atoms with Crippen LogP contribution in [0.2, 0.25) is 0 Å². The first-order valence-electron chi connectivity index (χ1n) is 8.54. The fourth-order valence-electron chi connectivity index (χ4n) is 4.77. The van der Waals surface area contributed by atoms with E-state index in [1.165, 1.54) is 84.2 Å². The van der Waals surface area contributed by atoms with Crippen LogP contribution in [0.1, 0.15) is 44.9 Å². The van der Waals surface area contributed by atoms with Crippen molar-refractivity contribution < 1.29 is 0 Å². The van der Waals surface area contributed by atoms with Gasteiger partial charge in [0.2, 0.25) is 0 Å². The first-order chi connectivity index (χ1) is 9.35. The van der Waals surface area contributed by atoms with Crippen molar-refractivity contribution in [1.29, 1.82) is 0 Å². The molecule has 0 amide bonds. The van der Waals surface area contributed by atoms with Gasteiger partial charge in [-0.05, 0) is 63.5 Å². The Morgan fingerprint density at radius 2 is 1.79 bits per heavy atom. The quantitative estimate of drug-likeness (QED) is 0.818. The summed E-state index contributed by atoms with van der Waals surface area (Å²) in [5.74, 6) is 0. The van der Waals surface area contributed by atoms with Gasteiger partial charge in [0.05, 0.1) is 0 Å². The van der Waals surface area contributed by atoms with Crippen molar-refractivity contribution in [2.24, 2.45) is 5.41 Å². The molecule has 3 saturated heterocycles. The lowest BCUT2D eigenvalue weighted by Gasteiger charge is -2.47. The lowest BCUT2D eigenvalue weighted by molar-refractivity contribution is 0.0392. The van der Waals surface area contributed by atoms with Gasteiger partial charge in [-0.15, -0.1) is 0 Å². The minimum Gasteiger partial charge on any atom is -0.316 e. The van der Waals surface area contributed by atoms with E-state index in [2.05, 4.69) is 15.1 Å². The summed E-state index contributed by atoms with van der Waals surface area (Å²) in [6.07, 6.45) is 10.1. The number of hydrogen-bond acceptors (Lipinski definition) is 3. The molecule has 19 heavy (non-hydrogen) atoms. The zero-order chi connectivity index (χ0) is 12.7. The van der Waals surface area contributed by atoms with Gasteiger partial charge in [-0.1, -0.05) is 0 Å². The summed E-state index contributed by atoms with van der Waals surface area (Å²) in [5.41, 5.74) is 0.628. The van der Waals surface area contributed by atoms with E-state index in [9.17, 15) is 0 Å². The molecule has 1 aliphatic carbocycles. The standard InChI is InChI=1S/C16H29N3/c1-6-16(12-17-8-1)7-2-9-19(13-16)15-5-10-18(11-15)14-3-4-14/h14-15,17H,1-13H2. The summed E-state index contributed by atoms with van der Waals surface area (Å²) >= 11 is 0. The molecule has 1 spiro atoms. The SMILES string of the molecule is C1CNCC2(C1)CCCN(C1CCN(C3CC3)C1)C2. The van der Waals surface area contributed by atoms with E-state index in [1.807, 2.05) is 0 Å². The first-order valence-corrected chi connectivity index (χ1v) is 8.54. The molecule has 108 valence electrons. The molecule has 4 fully saturated rings. The molecule has 0 bridgehead atoms. The van der Waals surface area contributed by atoms with Crippen molar-refractivity contribution in [3.63, 3.8) is 0 Å². The van der Waals surface area contributed by atoms with Crippen LogP contribution >= 0.6 is 0 Å². The van der Waals surface area contributed by atoms with Gasteiger partial charge in [-0.2, -0.15) is 0 Å². The smallest absolute Gasteiger partial charge is 0.0235 e. The monoisotopic (exact) mass is 263 g/mol. The van der Waals surface area contributed by atoms with E-state index >= 15 is 0 Å². The van der Waals surface area contributed by atoms with Crippen LogP contribution in [0.25, 0.3) is 0 Å². The van der Waals surface area contributed by atoms with E-state index < -0.39 is 0 Å². The zero-order valence-electron chi connectivity index (χ0n) is 12.2. The van der Waals surface area contributed by atoms with Crippen LogP contribution in [0, 0.1) is 5.41 Å². The second-order valence-electron chi connectivity index (χ2n) is 7.52. The van der Waals surface area contributed by atoms with Crippen LogP contribution in [-0.2, 0) is 0 Å². The predicted molar refractivity (Wildman–Crippen MR) is 78.3 cm³/mol. The third-order valence-corrected chi connectivity index (χ3v) is 6.03. The van der Waals surface area contributed by atoms with Gasteiger partial charge in [0.25, 0.3) is 0 Å². The number of hydrogen-bond donors (Lipinski definition) is 1. The minimum atomic E-state index is 0.628. The number of likely N-dealkylation sites (tertiary alicyclic amines) is 2. The lowest BCUT2D eigenvalue weighted by atomic mass is 9.74. The summed E-state index contributed by atoms with van der Waals surface area (Å²) in [5, 5.41) is 3.66. The molecule has 3 nitrogen and oxygen atoms in total. The van der Waals surface area contributed by atoms with Gasteiger partial charge in [0.15, 0.2) is 0 Å². The van der Waals surface area contributed by atoms with Crippen molar-refractivity contribution >= 4 is 0 Å². The van der Waals surface area contributed by atoms with Crippen molar-refractivity contribution in [1.82, 2.24) is 15.1 Å². The second kappa shape index (κ2) is 5.01. The van der Waals surface area contributed by atoms with Crippen molar-refractivity contribution in [2.75, 3.05) is 39.3 Å². The summed E-state index contributed by atoms with van der Waals surface area (Å²) in [6.45, 7) is 8.02. The van der Waals surface area contributed by atoms with E-state index in [4.69, 9.17) is 0 Å². The molecule has 1 saturated carbocycles. The topological polar surface area (TPSA) is 18.5 Å². The van der Waals surface area contributed by atoms with Crippen LogP contribution in [-0.4, -0.2) is 61.2 Å². The van der Waals surface area contributed by atoms with Crippen LogP contribution < -0.4 is 5.32 Å². The Hall–Kier alpha value is -0.120. The van der Waals surface area contributed by atoms with Gasteiger partial charge in [0, 0.05) is 38.3 Å². The Morgan fingerprint density at radius 3 is 2.58 bits per heavy atom. The minimum absolute atomic E-state index is 0.628. The van der Waals surface area contributed by atoms with Crippen LogP contribution in [0.5, 0.6) is 0 Å². The largest absolute Gasteiger partial charge is 0.316 e. The molecule has 2 atom stereocenters. The van der Waals surface area contributed by atoms with E-state index in [1.54, 1.807) is 0 Å². The average molecular weight is 263 g/mol. The highest BCUT2D eigenvalue weighted by molar-refractivity contribution is 4.97. The molecule has 0 aromatic carbocycles. The van der Waals surface area contributed by atoms with Crippen molar-refractivity contribution in [3.05, 3.63) is 0 Å². The third-order valence-electron chi connectivity index (χ3n) is 6.03. The maximum Gasteiger partial charge on any atom is 0.0235 e. The Kier molecular flexibility index (Phi) is 3.33. The average Bonchev–Trinajstić information content (AvgIpc) is 3.17. The summed E-state index contributed by atoms with van der Waals surface area (Å²) in [4.78, 5) is 5.63. The molecule has 2 unspecified atom stereocenters. The number of nitrogens with zero attached hydrogens (tertiary/aromatic N) is 2. The fourth-order valence-corrected chi connectivity index (χ4v) is 4.77. The van der Waals surface area contributed by atoms with Gasteiger partial charge in [-0.25, -0.2) is 0 Å². The van der Waals surface area contributed by atoms with E-state index in [0.717, 1.165) is 12.1 Å². The van der Waals surface area contributed by atoms with Gasteiger partial charge >= 0.3 is 0 Å². The van der Waals surface area contributed by atoms with Crippen LogP contribution in [0.15, 0.2) is 0 Å². The van der Waals surface area contributed by atoms with Gasteiger partial charge in [-0.3, -0.25) is 9.80 Å². The Balaban J connectivity index is 1.38. The molecular formula is C16H29N3. The van der Waals surface area contributed by atoms with E-state index in [-0.39, 0.29) is 0 Å².